The zero-order valence-corrected chi connectivity index (χ0v) is 13.1. The van der Waals surface area contributed by atoms with Crippen molar-refractivity contribution < 1.29 is 4.74 Å². The number of benzene rings is 1. The summed E-state index contributed by atoms with van der Waals surface area (Å²) >= 11 is 3.16. The molecule has 0 aromatic heterocycles. The number of nitriles is 2. The molecule has 1 aromatic rings. The number of thioether (sulfide) groups is 2. The molecule has 0 N–H and O–H groups in total. The van der Waals surface area contributed by atoms with E-state index in [2.05, 4.69) is 0 Å². The van der Waals surface area contributed by atoms with Gasteiger partial charge in [0.2, 0.25) is 0 Å². The predicted octanol–water partition coefficient (Wildman–Crippen LogP) is 4.06. The highest BCUT2D eigenvalue weighted by Crippen LogP contribution is 2.31. The largest absolute Gasteiger partial charge is 0.497 e. The van der Waals surface area contributed by atoms with Gasteiger partial charge >= 0.3 is 0 Å². The highest BCUT2D eigenvalue weighted by molar-refractivity contribution is 8.21. The van der Waals surface area contributed by atoms with E-state index in [1.807, 2.05) is 55.0 Å². The monoisotopic (exact) mass is 302 g/mol. The molecule has 1 aromatic carbocycles. The van der Waals surface area contributed by atoms with Gasteiger partial charge in [-0.2, -0.15) is 10.5 Å². The lowest BCUT2D eigenvalue weighted by Gasteiger charge is -2.07. The average molecular weight is 302 g/mol. The second-order valence-corrected chi connectivity index (χ2v) is 5.57. The number of nitrogens with zero attached hydrogens (tertiary/aromatic N) is 2. The van der Waals surface area contributed by atoms with Crippen molar-refractivity contribution in [2.75, 3.05) is 19.6 Å². The normalized spacial score (nSPS) is 9.05. The van der Waals surface area contributed by atoms with Crippen LogP contribution in [-0.4, -0.2) is 19.6 Å². The molecule has 0 aliphatic carbocycles. The Labute approximate surface area is 127 Å². The minimum atomic E-state index is 0.0962. The van der Waals surface area contributed by atoms with Gasteiger partial charge < -0.3 is 4.74 Å². The Morgan fingerprint density at radius 1 is 1.20 bits per heavy atom. The van der Waals surface area contributed by atoms with Crippen molar-refractivity contribution in [1.82, 2.24) is 0 Å². The third-order valence-electron chi connectivity index (χ3n) is 2.54. The molecule has 0 aliphatic rings. The predicted molar refractivity (Wildman–Crippen MR) is 86.3 cm³/mol. The number of ether oxygens (including phenoxy) is 1. The van der Waals surface area contributed by atoms with Gasteiger partial charge in [0.25, 0.3) is 0 Å². The fourth-order valence-electron chi connectivity index (χ4n) is 1.55. The molecule has 0 radical (unpaired) electrons. The van der Waals surface area contributed by atoms with Crippen LogP contribution >= 0.6 is 23.5 Å². The smallest absolute Gasteiger partial charge is 0.137 e. The van der Waals surface area contributed by atoms with Crippen LogP contribution in [0.25, 0.3) is 5.57 Å². The highest BCUT2D eigenvalue weighted by atomic mass is 32.2. The standard InChI is InChI=1S/C15H14N2OS2/c1-18-13-6-4-5-11(7-13)14(12(9-16)10-17)8-15(19-2)20-3/h4-8H,1-3H3. The van der Waals surface area contributed by atoms with Gasteiger partial charge in [-0.15, -0.1) is 23.5 Å². The first-order chi connectivity index (χ1) is 9.69. The molecule has 0 saturated heterocycles. The quantitative estimate of drug-likeness (QED) is 0.606. The number of hydrogen-bond acceptors (Lipinski definition) is 5. The van der Waals surface area contributed by atoms with E-state index in [0.717, 1.165) is 9.80 Å². The maximum Gasteiger partial charge on any atom is 0.137 e. The third-order valence-corrected chi connectivity index (χ3v) is 4.58. The van der Waals surface area contributed by atoms with Gasteiger partial charge in [0.05, 0.1) is 7.11 Å². The fraction of sp³-hybridized carbons (Fsp3) is 0.200. The third kappa shape index (κ3) is 4.09. The zero-order chi connectivity index (χ0) is 15.0. The van der Waals surface area contributed by atoms with Crippen molar-refractivity contribution in [3.8, 4) is 17.9 Å². The second kappa shape index (κ2) is 8.37. The topological polar surface area (TPSA) is 56.8 Å². The maximum absolute atomic E-state index is 9.14. The van der Waals surface area contributed by atoms with Crippen LogP contribution in [0.2, 0.25) is 0 Å². The zero-order valence-electron chi connectivity index (χ0n) is 11.5. The van der Waals surface area contributed by atoms with E-state index in [1.54, 1.807) is 30.6 Å². The summed E-state index contributed by atoms with van der Waals surface area (Å²) in [6.07, 6.45) is 5.79. The van der Waals surface area contributed by atoms with E-state index in [1.165, 1.54) is 0 Å². The van der Waals surface area contributed by atoms with E-state index >= 15 is 0 Å². The molecular weight excluding hydrogens is 288 g/mol. The molecular formula is C15H14N2OS2. The van der Waals surface area contributed by atoms with Crippen LogP contribution in [0.5, 0.6) is 5.75 Å². The minimum absolute atomic E-state index is 0.0962. The summed E-state index contributed by atoms with van der Waals surface area (Å²) < 4.78 is 6.22. The lowest BCUT2D eigenvalue weighted by Crippen LogP contribution is -1.90. The molecule has 0 aliphatic heterocycles. The Morgan fingerprint density at radius 3 is 2.35 bits per heavy atom. The molecule has 102 valence electrons. The summed E-state index contributed by atoms with van der Waals surface area (Å²) in [5.41, 5.74) is 1.51. The number of rotatable bonds is 5. The number of methoxy groups -OCH3 is 1. The van der Waals surface area contributed by atoms with E-state index in [-0.39, 0.29) is 5.57 Å². The van der Waals surface area contributed by atoms with Crippen molar-refractivity contribution >= 4 is 29.1 Å². The Hall–Kier alpha value is -1.82. The van der Waals surface area contributed by atoms with Crippen LogP contribution in [0.1, 0.15) is 5.56 Å². The van der Waals surface area contributed by atoms with Crippen molar-refractivity contribution in [1.29, 1.82) is 10.5 Å². The lowest BCUT2D eigenvalue weighted by atomic mass is 10.0. The van der Waals surface area contributed by atoms with E-state index in [0.29, 0.717) is 11.3 Å². The minimum Gasteiger partial charge on any atom is -0.497 e. The van der Waals surface area contributed by atoms with Gasteiger partial charge in [0.1, 0.15) is 23.5 Å². The molecule has 0 fully saturated rings. The Balaban J connectivity index is 3.48. The molecule has 0 bridgehead atoms. The van der Waals surface area contributed by atoms with Gasteiger partial charge in [0.15, 0.2) is 0 Å². The highest BCUT2D eigenvalue weighted by Gasteiger charge is 2.09. The molecule has 5 heteroatoms. The van der Waals surface area contributed by atoms with Crippen molar-refractivity contribution in [2.24, 2.45) is 0 Å². The van der Waals surface area contributed by atoms with Crippen LogP contribution in [0.3, 0.4) is 0 Å². The van der Waals surface area contributed by atoms with Crippen LogP contribution in [0, 0.1) is 22.7 Å². The SMILES string of the molecule is COc1cccc(C(C=C(SC)SC)=C(C#N)C#N)c1. The molecule has 3 nitrogen and oxygen atoms in total. The van der Waals surface area contributed by atoms with E-state index in [4.69, 9.17) is 15.3 Å². The average Bonchev–Trinajstić information content (AvgIpc) is 2.51. The van der Waals surface area contributed by atoms with Crippen LogP contribution in [0.15, 0.2) is 40.2 Å². The molecule has 0 spiro atoms. The first kappa shape index (κ1) is 16.2. The van der Waals surface area contributed by atoms with Crippen LogP contribution in [-0.2, 0) is 0 Å². The molecule has 0 atom stereocenters. The summed E-state index contributed by atoms with van der Waals surface area (Å²) in [5.74, 6) is 0.693. The van der Waals surface area contributed by atoms with E-state index < -0.39 is 0 Å². The molecule has 0 unspecified atom stereocenters. The summed E-state index contributed by atoms with van der Waals surface area (Å²) in [4.78, 5) is 0. The van der Waals surface area contributed by atoms with E-state index in [9.17, 15) is 0 Å². The summed E-state index contributed by atoms with van der Waals surface area (Å²) in [6.45, 7) is 0. The number of hydrogen-bond donors (Lipinski definition) is 0. The van der Waals surface area contributed by atoms with Crippen LogP contribution < -0.4 is 4.74 Å². The van der Waals surface area contributed by atoms with Crippen molar-refractivity contribution in [2.45, 2.75) is 0 Å². The van der Waals surface area contributed by atoms with Crippen molar-refractivity contribution in [3.63, 3.8) is 0 Å². The second-order valence-electron chi connectivity index (χ2n) is 3.62. The van der Waals surface area contributed by atoms with Gasteiger partial charge in [0, 0.05) is 9.81 Å². The van der Waals surface area contributed by atoms with Gasteiger partial charge in [-0.3, -0.25) is 0 Å². The fourth-order valence-corrected chi connectivity index (χ4v) is 2.69. The molecule has 20 heavy (non-hydrogen) atoms. The van der Waals surface area contributed by atoms with Gasteiger partial charge in [-0.1, -0.05) is 12.1 Å². The maximum atomic E-state index is 9.14. The van der Waals surface area contributed by atoms with Crippen molar-refractivity contribution in [3.05, 3.63) is 45.7 Å². The molecule has 0 heterocycles. The molecule has 0 saturated carbocycles. The summed E-state index contributed by atoms with van der Waals surface area (Å²) in [6, 6.07) is 11.3. The van der Waals surface area contributed by atoms with Gasteiger partial charge in [-0.05, 0) is 36.3 Å². The summed E-state index contributed by atoms with van der Waals surface area (Å²) in [7, 11) is 1.59. The molecule has 0 amide bonds. The Morgan fingerprint density at radius 2 is 1.85 bits per heavy atom. The number of allylic oxidation sites excluding steroid dienone is 3. The lowest BCUT2D eigenvalue weighted by molar-refractivity contribution is 0.414. The van der Waals surface area contributed by atoms with Gasteiger partial charge in [-0.25, -0.2) is 0 Å². The Kier molecular flexibility index (Phi) is 6.79. The first-order valence-corrected chi connectivity index (χ1v) is 8.13. The first-order valence-electron chi connectivity index (χ1n) is 5.68. The summed E-state index contributed by atoms with van der Waals surface area (Å²) in [5, 5.41) is 18.3. The molecule has 1 rings (SSSR count). The Bertz CT molecular complexity index is 599. The van der Waals surface area contributed by atoms with Crippen LogP contribution in [0.4, 0.5) is 0 Å².